The highest BCUT2D eigenvalue weighted by atomic mass is 35.5. The third-order valence-corrected chi connectivity index (χ3v) is 4.16. The predicted octanol–water partition coefficient (Wildman–Crippen LogP) is 3.91. The number of fused-ring (bicyclic) bond motifs is 1. The second-order valence-electron chi connectivity index (χ2n) is 5.64. The third-order valence-electron chi connectivity index (χ3n) is 3.92. The van der Waals surface area contributed by atoms with Crippen molar-refractivity contribution in [3.05, 3.63) is 75.8 Å². The van der Waals surface area contributed by atoms with Crippen molar-refractivity contribution < 1.29 is 9.53 Å². The SMILES string of the molecule is COC(=O)C1=Cc2cc(Cl)ccc2CN(Cc2ccccc2)C1. The molecule has 0 saturated heterocycles. The number of hydrogen-bond donors (Lipinski definition) is 0. The van der Waals surface area contributed by atoms with Gasteiger partial charge in [0, 0.05) is 24.7 Å². The Balaban J connectivity index is 1.93. The molecule has 0 spiro atoms. The Hall–Kier alpha value is -2.10. The zero-order valence-electron chi connectivity index (χ0n) is 13.0. The molecule has 0 atom stereocenters. The molecule has 0 fully saturated rings. The first-order valence-electron chi connectivity index (χ1n) is 7.49. The van der Waals surface area contributed by atoms with Crippen molar-refractivity contribution >= 4 is 23.6 Å². The first kappa shape index (κ1) is 15.8. The first-order valence-corrected chi connectivity index (χ1v) is 7.87. The lowest BCUT2D eigenvalue weighted by atomic mass is 10.1. The zero-order chi connectivity index (χ0) is 16.2. The van der Waals surface area contributed by atoms with Crippen LogP contribution in [-0.2, 0) is 22.6 Å². The maximum absolute atomic E-state index is 12.1. The molecule has 118 valence electrons. The molecule has 4 heteroatoms. The van der Waals surface area contributed by atoms with Crippen LogP contribution >= 0.6 is 11.6 Å². The van der Waals surface area contributed by atoms with Gasteiger partial charge in [-0.1, -0.05) is 48.0 Å². The van der Waals surface area contributed by atoms with E-state index in [1.165, 1.54) is 12.7 Å². The Morgan fingerprint density at radius 3 is 2.70 bits per heavy atom. The topological polar surface area (TPSA) is 29.5 Å². The first-order chi connectivity index (χ1) is 11.2. The average Bonchev–Trinajstić information content (AvgIpc) is 2.73. The summed E-state index contributed by atoms with van der Waals surface area (Å²) in [6, 6.07) is 16.0. The molecule has 0 N–H and O–H groups in total. The molecule has 0 aliphatic carbocycles. The van der Waals surface area contributed by atoms with Gasteiger partial charge in [0.25, 0.3) is 0 Å². The smallest absolute Gasteiger partial charge is 0.335 e. The fourth-order valence-electron chi connectivity index (χ4n) is 2.82. The third kappa shape index (κ3) is 3.81. The zero-order valence-corrected chi connectivity index (χ0v) is 13.7. The molecule has 3 nitrogen and oxygen atoms in total. The minimum atomic E-state index is -0.295. The summed E-state index contributed by atoms with van der Waals surface area (Å²) in [5, 5.41) is 0.667. The number of nitrogens with zero attached hydrogens (tertiary/aromatic N) is 1. The lowest BCUT2D eigenvalue weighted by Crippen LogP contribution is -2.26. The van der Waals surface area contributed by atoms with E-state index in [0.29, 0.717) is 17.1 Å². The summed E-state index contributed by atoms with van der Waals surface area (Å²) >= 11 is 6.10. The number of benzene rings is 2. The van der Waals surface area contributed by atoms with E-state index in [2.05, 4.69) is 17.0 Å². The van der Waals surface area contributed by atoms with Crippen molar-refractivity contribution in [3.8, 4) is 0 Å². The van der Waals surface area contributed by atoms with E-state index < -0.39 is 0 Å². The largest absolute Gasteiger partial charge is 0.466 e. The van der Waals surface area contributed by atoms with Crippen LogP contribution in [-0.4, -0.2) is 24.5 Å². The molecule has 3 rings (SSSR count). The van der Waals surface area contributed by atoms with Gasteiger partial charge in [-0.3, -0.25) is 4.90 Å². The highest BCUT2D eigenvalue weighted by Gasteiger charge is 2.20. The van der Waals surface area contributed by atoms with E-state index in [1.54, 1.807) is 0 Å². The minimum absolute atomic E-state index is 0.295. The quantitative estimate of drug-likeness (QED) is 0.800. The highest BCUT2D eigenvalue weighted by molar-refractivity contribution is 6.30. The van der Waals surface area contributed by atoms with Crippen LogP contribution in [0.5, 0.6) is 0 Å². The van der Waals surface area contributed by atoms with Crippen LogP contribution in [0.2, 0.25) is 5.02 Å². The van der Waals surface area contributed by atoms with Gasteiger partial charge in [-0.2, -0.15) is 0 Å². The van der Waals surface area contributed by atoms with Crippen LogP contribution in [0.15, 0.2) is 54.1 Å². The summed E-state index contributed by atoms with van der Waals surface area (Å²) in [6.07, 6.45) is 1.89. The van der Waals surface area contributed by atoms with Crippen LogP contribution in [0.3, 0.4) is 0 Å². The van der Waals surface area contributed by atoms with E-state index in [4.69, 9.17) is 16.3 Å². The van der Waals surface area contributed by atoms with E-state index in [1.807, 2.05) is 42.5 Å². The van der Waals surface area contributed by atoms with Gasteiger partial charge < -0.3 is 4.74 Å². The highest BCUT2D eigenvalue weighted by Crippen LogP contribution is 2.25. The van der Waals surface area contributed by atoms with Crippen molar-refractivity contribution in [2.45, 2.75) is 13.1 Å². The summed E-state index contributed by atoms with van der Waals surface area (Å²) in [6.45, 7) is 2.09. The van der Waals surface area contributed by atoms with Gasteiger partial charge >= 0.3 is 5.97 Å². The Labute approximate surface area is 141 Å². The number of halogens is 1. The summed E-state index contributed by atoms with van der Waals surface area (Å²) < 4.78 is 4.92. The Morgan fingerprint density at radius 1 is 1.17 bits per heavy atom. The number of ether oxygens (including phenoxy) is 1. The molecule has 0 aromatic heterocycles. The summed E-state index contributed by atoms with van der Waals surface area (Å²) in [5.74, 6) is -0.295. The summed E-state index contributed by atoms with van der Waals surface area (Å²) in [5.41, 5.74) is 4.00. The lowest BCUT2D eigenvalue weighted by Gasteiger charge is -2.21. The fourth-order valence-corrected chi connectivity index (χ4v) is 3.00. The van der Waals surface area contributed by atoms with Gasteiger partial charge in [0.2, 0.25) is 0 Å². The van der Waals surface area contributed by atoms with Crippen LogP contribution in [0.4, 0.5) is 0 Å². The van der Waals surface area contributed by atoms with Crippen molar-refractivity contribution in [3.63, 3.8) is 0 Å². The number of esters is 1. The normalized spacial score (nSPS) is 14.6. The number of carbonyl (C=O) groups is 1. The maximum atomic E-state index is 12.1. The van der Waals surface area contributed by atoms with Crippen molar-refractivity contribution in [1.82, 2.24) is 4.90 Å². The van der Waals surface area contributed by atoms with E-state index >= 15 is 0 Å². The summed E-state index contributed by atoms with van der Waals surface area (Å²) in [7, 11) is 1.41. The molecule has 0 amide bonds. The molecule has 0 unspecified atom stereocenters. The summed E-state index contributed by atoms with van der Waals surface area (Å²) in [4.78, 5) is 14.3. The average molecular weight is 328 g/mol. The van der Waals surface area contributed by atoms with Gasteiger partial charge in [-0.05, 0) is 34.9 Å². The molecule has 2 aromatic carbocycles. The Kier molecular flexibility index (Phi) is 4.79. The van der Waals surface area contributed by atoms with Gasteiger partial charge in [-0.25, -0.2) is 4.79 Å². The van der Waals surface area contributed by atoms with Crippen LogP contribution < -0.4 is 0 Å². The monoisotopic (exact) mass is 327 g/mol. The second-order valence-corrected chi connectivity index (χ2v) is 6.07. The molecule has 1 heterocycles. The molecule has 0 saturated carbocycles. The van der Waals surface area contributed by atoms with Gasteiger partial charge in [0.15, 0.2) is 0 Å². The minimum Gasteiger partial charge on any atom is -0.466 e. The van der Waals surface area contributed by atoms with E-state index in [0.717, 1.165) is 24.2 Å². The van der Waals surface area contributed by atoms with Crippen LogP contribution in [0, 0.1) is 0 Å². The molecule has 1 aliphatic rings. The van der Waals surface area contributed by atoms with E-state index in [-0.39, 0.29) is 5.97 Å². The second kappa shape index (κ2) is 6.99. The number of carbonyl (C=O) groups excluding carboxylic acids is 1. The van der Waals surface area contributed by atoms with Crippen molar-refractivity contribution in [2.24, 2.45) is 0 Å². The van der Waals surface area contributed by atoms with Gasteiger partial charge in [0.05, 0.1) is 12.7 Å². The predicted molar refractivity (Wildman–Crippen MR) is 92.0 cm³/mol. The molecular weight excluding hydrogens is 310 g/mol. The molecule has 1 aliphatic heterocycles. The molecule has 0 radical (unpaired) electrons. The Bertz CT molecular complexity index is 740. The molecular formula is C19H18ClNO2. The van der Waals surface area contributed by atoms with Gasteiger partial charge in [-0.15, -0.1) is 0 Å². The standard InChI is InChI=1S/C19H18ClNO2/c1-23-19(22)17-9-16-10-18(20)8-7-15(16)12-21(13-17)11-14-5-3-2-4-6-14/h2-10H,11-13H2,1H3. The maximum Gasteiger partial charge on any atom is 0.335 e. The van der Waals surface area contributed by atoms with Crippen molar-refractivity contribution in [2.75, 3.05) is 13.7 Å². The van der Waals surface area contributed by atoms with Crippen LogP contribution in [0.1, 0.15) is 16.7 Å². The fraction of sp³-hybridized carbons (Fsp3) is 0.211. The number of methoxy groups -OCH3 is 1. The lowest BCUT2D eigenvalue weighted by molar-refractivity contribution is -0.136. The molecule has 23 heavy (non-hydrogen) atoms. The Morgan fingerprint density at radius 2 is 1.96 bits per heavy atom. The van der Waals surface area contributed by atoms with E-state index in [9.17, 15) is 4.79 Å². The number of rotatable bonds is 3. The molecule has 2 aromatic rings. The van der Waals surface area contributed by atoms with Crippen molar-refractivity contribution in [1.29, 1.82) is 0 Å². The number of hydrogen-bond acceptors (Lipinski definition) is 3. The van der Waals surface area contributed by atoms with Crippen LogP contribution in [0.25, 0.3) is 6.08 Å². The van der Waals surface area contributed by atoms with Gasteiger partial charge in [0.1, 0.15) is 0 Å². The molecule has 0 bridgehead atoms.